The average molecular weight is 386 g/mol. The first-order chi connectivity index (χ1) is 12.0. The summed E-state index contributed by atoms with van der Waals surface area (Å²) in [5.74, 6) is -1.17. The Morgan fingerprint density at radius 3 is 2.42 bits per heavy atom. The molecule has 0 radical (unpaired) electrons. The van der Waals surface area contributed by atoms with Crippen LogP contribution in [0.25, 0.3) is 0 Å². The van der Waals surface area contributed by atoms with Gasteiger partial charge in [-0.25, -0.2) is 0 Å². The zero-order valence-electron chi connectivity index (χ0n) is 15.2. The van der Waals surface area contributed by atoms with Crippen LogP contribution in [-0.2, 0) is 18.0 Å². The van der Waals surface area contributed by atoms with Crippen molar-refractivity contribution in [2.75, 3.05) is 5.32 Å². The molecule has 1 aromatic carbocycles. The maximum absolute atomic E-state index is 12.8. The van der Waals surface area contributed by atoms with E-state index in [-0.39, 0.29) is 17.0 Å². The molecule has 0 aliphatic carbocycles. The van der Waals surface area contributed by atoms with E-state index in [1.807, 2.05) is 39.0 Å². The molecular formula is C17H21F3N4OS. The van der Waals surface area contributed by atoms with Crippen molar-refractivity contribution in [3.05, 3.63) is 35.2 Å². The number of rotatable bonds is 5. The number of alkyl halides is 3. The van der Waals surface area contributed by atoms with Gasteiger partial charge in [-0.2, -0.15) is 13.2 Å². The highest BCUT2D eigenvalue weighted by Crippen LogP contribution is 2.32. The molecule has 0 aliphatic rings. The van der Waals surface area contributed by atoms with Crippen LogP contribution < -0.4 is 5.32 Å². The molecule has 9 heteroatoms. The molecule has 1 heterocycles. The van der Waals surface area contributed by atoms with Crippen molar-refractivity contribution >= 4 is 23.4 Å². The SMILES string of the molecule is Cc1cccc(C(C)C)c1NC(=O)[C@H](C)Sc1nnc(C(F)(F)F)n1C. The fourth-order valence-electron chi connectivity index (χ4n) is 2.44. The summed E-state index contributed by atoms with van der Waals surface area (Å²) in [6.07, 6.45) is -4.58. The molecule has 0 fully saturated rings. The van der Waals surface area contributed by atoms with Gasteiger partial charge in [-0.3, -0.25) is 4.79 Å². The third kappa shape index (κ3) is 4.38. The number of halogens is 3. The van der Waals surface area contributed by atoms with E-state index in [1.165, 1.54) is 7.05 Å². The van der Waals surface area contributed by atoms with Crippen LogP contribution in [-0.4, -0.2) is 25.9 Å². The molecule has 2 rings (SSSR count). The highest BCUT2D eigenvalue weighted by atomic mass is 32.2. The van der Waals surface area contributed by atoms with Crippen LogP contribution in [0.5, 0.6) is 0 Å². The van der Waals surface area contributed by atoms with Crippen LogP contribution in [0.4, 0.5) is 18.9 Å². The first-order valence-electron chi connectivity index (χ1n) is 8.06. The molecule has 0 unspecified atom stereocenters. The van der Waals surface area contributed by atoms with Crippen LogP contribution in [0.3, 0.4) is 0 Å². The van der Waals surface area contributed by atoms with E-state index in [9.17, 15) is 18.0 Å². The third-order valence-electron chi connectivity index (χ3n) is 3.92. The molecule has 1 aromatic heterocycles. The van der Waals surface area contributed by atoms with E-state index in [0.717, 1.165) is 33.1 Å². The minimum absolute atomic E-state index is 0.0360. The Bertz CT molecular complexity index is 802. The standard InChI is InChI=1S/C17H21F3N4OS/c1-9(2)12-8-6-7-10(3)13(12)21-14(25)11(4)26-16-23-22-15(24(16)5)17(18,19)20/h6-9,11H,1-5H3,(H,21,25)/t11-/m0/s1. The van der Waals surface area contributed by atoms with Crippen LogP contribution in [0.15, 0.2) is 23.4 Å². The predicted molar refractivity (Wildman–Crippen MR) is 95.2 cm³/mol. The normalized spacial score (nSPS) is 13.1. The Morgan fingerprint density at radius 1 is 1.23 bits per heavy atom. The van der Waals surface area contributed by atoms with Gasteiger partial charge in [0.2, 0.25) is 11.7 Å². The van der Waals surface area contributed by atoms with Crippen LogP contribution in [0, 0.1) is 6.92 Å². The second-order valence-electron chi connectivity index (χ2n) is 6.31. The number of aryl methyl sites for hydroxylation is 1. The van der Waals surface area contributed by atoms with Gasteiger partial charge in [0.15, 0.2) is 5.16 Å². The highest BCUT2D eigenvalue weighted by molar-refractivity contribution is 8.00. The minimum atomic E-state index is -4.58. The summed E-state index contributed by atoms with van der Waals surface area (Å²) in [7, 11) is 1.23. The first-order valence-corrected chi connectivity index (χ1v) is 8.94. The van der Waals surface area contributed by atoms with Crippen LogP contribution in [0.2, 0.25) is 0 Å². The number of hydrogen-bond acceptors (Lipinski definition) is 4. The highest BCUT2D eigenvalue weighted by Gasteiger charge is 2.38. The second-order valence-corrected chi connectivity index (χ2v) is 7.61. The molecule has 1 N–H and O–H groups in total. The van der Waals surface area contributed by atoms with Gasteiger partial charge in [-0.15, -0.1) is 10.2 Å². The topological polar surface area (TPSA) is 59.8 Å². The number of hydrogen-bond donors (Lipinski definition) is 1. The number of anilines is 1. The Labute approximate surface area is 154 Å². The summed E-state index contributed by atoms with van der Waals surface area (Å²) in [6.45, 7) is 7.58. The summed E-state index contributed by atoms with van der Waals surface area (Å²) in [5, 5.41) is 9.01. The van der Waals surface area contributed by atoms with Crippen molar-refractivity contribution in [1.29, 1.82) is 0 Å². The van der Waals surface area contributed by atoms with E-state index in [1.54, 1.807) is 6.92 Å². The predicted octanol–water partition coefficient (Wildman–Crippen LogP) is 4.39. The number of amides is 1. The fraction of sp³-hybridized carbons (Fsp3) is 0.471. The zero-order chi connectivity index (χ0) is 19.6. The smallest absolute Gasteiger partial charge is 0.325 e. The lowest BCUT2D eigenvalue weighted by atomic mass is 9.98. The number of nitrogens with zero attached hydrogens (tertiary/aromatic N) is 3. The van der Waals surface area contributed by atoms with Gasteiger partial charge in [0.25, 0.3) is 0 Å². The fourth-order valence-corrected chi connectivity index (χ4v) is 3.26. The van der Waals surface area contributed by atoms with Gasteiger partial charge in [0.05, 0.1) is 5.25 Å². The molecular weight excluding hydrogens is 365 g/mol. The van der Waals surface area contributed by atoms with E-state index >= 15 is 0 Å². The summed E-state index contributed by atoms with van der Waals surface area (Å²) < 4.78 is 39.2. The van der Waals surface area contributed by atoms with Crippen LogP contribution in [0.1, 0.15) is 43.6 Å². The van der Waals surface area contributed by atoms with Crippen molar-refractivity contribution < 1.29 is 18.0 Å². The van der Waals surface area contributed by atoms with Gasteiger partial charge in [-0.1, -0.05) is 43.8 Å². The third-order valence-corrected chi connectivity index (χ3v) is 5.05. The van der Waals surface area contributed by atoms with Gasteiger partial charge >= 0.3 is 6.18 Å². The maximum Gasteiger partial charge on any atom is 0.451 e. The number of thioether (sulfide) groups is 1. The van der Waals surface area contributed by atoms with Gasteiger partial charge < -0.3 is 9.88 Å². The Morgan fingerprint density at radius 2 is 1.88 bits per heavy atom. The number of carbonyl (C=O) groups is 1. The first kappa shape index (κ1) is 20.3. The summed E-state index contributed by atoms with van der Waals surface area (Å²) in [6, 6.07) is 5.78. The van der Waals surface area contributed by atoms with Crippen molar-refractivity contribution in [2.24, 2.45) is 7.05 Å². The van der Waals surface area contributed by atoms with Gasteiger partial charge in [0.1, 0.15) is 0 Å². The van der Waals surface area contributed by atoms with E-state index in [2.05, 4.69) is 15.5 Å². The molecule has 0 saturated carbocycles. The molecule has 26 heavy (non-hydrogen) atoms. The number of benzene rings is 1. The summed E-state index contributed by atoms with van der Waals surface area (Å²) in [4.78, 5) is 12.5. The average Bonchev–Trinajstić information content (AvgIpc) is 2.89. The number of carbonyl (C=O) groups excluding carboxylic acids is 1. The van der Waals surface area contributed by atoms with E-state index < -0.39 is 17.3 Å². The second kappa shape index (κ2) is 7.69. The minimum Gasteiger partial charge on any atom is -0.325 e. The van der Waals surface area contributed by atoms with Crippen molar-refractivity contribution in [2.45, 2.75) is 50.2 Å². The van der Waals surface area contributed by atoms with Gasteiger partial charge in [-0.05, 0) is 30.9 Å². The summed E-state index contributed by atoms with van der Waals surface area (Å²) >= 11 is 0.932. The Balaban J connectivity index is 2.16. The summed E-state index contributed by atoms with van der Waals surface area (Å²) in [5.41, 5.74) is 2.68. The Kier molecular flexibility index (Phi) is 6.00. The monoisotopic (exact) mass is 386 g/mol. The molecule has 2 aromatic rings. The quantitative estimate of drug-likeness (QED) is 0.775. The largest absolute Gasteiger partial charge is 0.451 e. The maximum atomic E-state index is 12.8. The molecule has 1 amide bonds. The van der Waals surface area contributed by atoms with Crippen molar-refractivity contribution in [1.82, 2.24) is 14.8 Å². The number of nitrogens with one attached hydrogen (secondary N) is 1. The van der Waals surface area contributed by atoms with Crippen LogP contribution >= 0.6 is 11.8 Å². The lowest BCUT2D eigenvalue weighted by Crippen LogP contribution is -2.24. The Hall–Kier alpha value is -2.03. The van der Waals surface area contributed by atoms with E-state index in [0.29, 0.717) is 0 Å². The zero-order valence-corrected chi connectivity index (χ0v) is 16.0. The molecule has 0 bridgehead atoms. The molecule has 0 saturated heterocycles. The molecule has 5 nitrogen and oxygen atoms in total. The van der Waals surface area contributed by atoms with E-state index in [4.69, 9.17) is 0 Å². The lowest BCUT2D eigenvalue weighted by molar-refractivity contribution is -0.147. The molecule has 142 valence electrons. The van der Waals surface area contributed by atoms with Gasteiger partial charge in [0, 0.05) is 12.7 Å². The number of aromatic nitrogens is 3. The van der Waals surface area contributed by atoms with Crippen molar-refractivity contribution in [3.8, 4) is 0 Å². The molecule has 1 atom stereocenters. The van der Waals surface area contributed by atoms with Crippen molar-refractivity contribution in [3.63, 3.8) is 0 Å². The molecule has 0 spiro atoms. The molecule has 0 aliphatic heterocycles. The number of para-hydroxylation sites is 1. The lowest BCUT2D eigenvalue weighted by Gasteiger charge is -2.18.